The molecule has 5 nitrogen and oxygen atoms in total. The summed E-state index contributed by atoms with van der Waals surface area (Å²) >= 11 is 2.84. The van der Waals surface area contributed by atoms with Crippen molar-refractivity contribution in [2.24, 2.45) is 5.92 Å². The fraction of sp³-hybridized carbons (Fsp3) is 0.571. The van der Waals surface area contributed by atoms with Gasteiger partial charge < -0.3 is 0 Å². The van der Waals surface area contributed by atoms with E-state index in [0.29, 0.717) is 15.9 Å². The second-order valence-corrected chi connectivity index (χ2v) is 8.43. The third-order valence-electron chi connectivity index (χ3n) is 2.64. The molecular weight excluding hydrogens is 304 g/mol. The first kappa shape index (κ1) is 16.0. The SMILES string of the molecule is CC(C)Cc1nnc(NC(=O)c2cnc(C(C)(C)C)s2)s1. The van der Waals surface area contributed by atoms with Gasteiger partial charge in [-0.3, -0.25) is 10.1 Å². The first-order valence-corrected chi connectivity index (χ1v) is 8.49. The number of thiazole rings is 1. The van der Waals surface area contributed by atoms with E-state index in [4.69, 9.17) is 0 Å². The van der Waals surface area contributed by atoms with Crippen LogP contribution in [0.5, 0.6) is 0 Å². The average Bonchev–Trinajstić information content (AvgIpc) is 2.96. The third kappa shape index (κ3) is 4.31. The molecule has 2 rings (SSSR count). The fourth-order valence-electron chi connectivity index (χ4n) is 1.62. The van der Waals surface area contributed by atoms with E-state index < -0.39 is 0 Å². The van der Waals surface area contributed by atoms with Crippen LogP contribution in [0.4, 0.5) is 5.13 Å². The van der Waals surface area contributed by atoms with E-state index in [1.807, 2.05) is 0 Å². The zero-order valence-corrected chi connectivity index (χ0v) is 14.6. The van der Waals surface area contributed by atoms with Gasteiger partial charge in [0.15, 0.2) is 0 Å². The molecule has 0 fully saturated rings. The molecule has 0 spiro atoms. The van der Waals surface area contributed by atoms with E-state index in [-0.39, 0.29) is 11.3 Å². The van der Waals surface area contributed by atoms with Crippen molar-refractivity contribution in [1.82, 2.24) is 15.2 Å². The monoisotopic (exact) mass is 324 g/mol. The molecule has 0 aliphatic carbocycles. The van der Waals surface area contributed by atoms with E-state index in [1.165, 1.54) is 22.7 Å². The molecule has 2 aromatic rings. The second-order valence-electron chi connectivity index (χ2n) is 6.33. The summed E-state index contributed by atoms with van der Waals surface area (Å²) in [5.41, 5.74) is -0.0453. The number of nitrogens with zero attached hydrogens (tertiary/aromatic N) is 3. The highest BCUT2D eigenvalue weighted by Crippen LogP contribution is 2.27. The van der Waals surface area contributed by atoms with Gasteiger partial charge in [0.1, 0.15) is 9.88 Å². The Labute approximate surface area is 132 Å². The predicted molar refractivity (Wildman–Crippen MR) is 87.2 cm³/mol. The van der Waals surface area contributed by atoms with Crippen LogP contribution in [0.2, 0.25) is 0 Å². The molecule has 1 N–H and O–H groups in total. The molecule has 2 aromatic heterocycles. The van der Waals surface area contributed by atoms with Crippen molar-refractivity contribution in [1.29, 1.82) is 0 Å². The summed E-state index contributed by atoms with van der Waals surface area (Å²) in [5, 5.41) is 13.3. The Bertz CT molecular complexity index is 625. The Hall–Kier alpha value is -1.34. The summed E-state index contributed by atoms with van der Waals surface area (Å²) in [6.07, 6.45) is 2.50. The van der Waals surface area contributed by atoms with Crippen LogP contribution in [0.15, 0.2) is 6.20 Å². The molecule has 7 heteroatoms. The maximum absolute atomic E-state index is 12.2. The van der Waals surface area contributed by atoms with Crippen molar-refractivity contribution in [2.45, 2.75) is 46.5 Å². The van der Waals surface area contributed by atoms with Crippen LogP contribution >= 0.6 is 22.7 Å². The van der Waals surface area contributed by atoms with Gasteiger partial charge in [-0.2, -0.15) is 0 Å². The van der Waals surface area contributed by atoms with Crippen LogP contribution in [-0.2, 0) is 11.8 Å². The van der Waals surface area contributed by atoms with Gasteiger partial charge in [-0.05, 0) is 5.92 Å². The quantitative estimate of drug-likeness (QED) is 0.930. The minimum Gasteiger partial charge on any atom is -0.296 e. The van der Waals surface area contributed by atoms with E-state index >= 15 is 0 Å². The lowest BCUT2D eigenvalue weighted by molar-refractivity contribution is 0.103. The van der Waals surface area contributed by atoms with E-state index in [0.717, 1.165) is 16.4 Å². The molecule has 0 aromatic carbocycles. The Kier molecular flexibility index (Phi) is 4.73. The third-order valence-corrected chi connectivity index (χ3v) is 4.92. The van der Waals surface area contributed by atoms with E-state index in [1.54, 1.807) is 6.20 Å². The number of rotatable bonds is 4. The molecule has 0 aliphatic rings. The van der Waals surface area contributed by atoms with Crippen LogP contribution in [0.3, 0.4) is 0 Å². The van der Waals surface area contributed by atoms with Crippen molar-refractivity contribution in [3.05, 3.63) is 21.1 Å². The molecule has 0 atom stereocenters. The maximum atomic E-state index is 12.2. The highest BCUT2D eigenvalue weighted by molar-refractivity contribution is 7.16. The zero-order chi connectivity index (χ0) is 15.6. The van der Waals surface area contributed by atoms with Crippen molar-refractivity contribution < 1.29 is 4.79 Å². The minimum absolute atomic E-state index is 0.0453. The molecule has 0 aliphatic heterocycles. The number of nitrogens with one attached hydrogen (secondary N) is 1. The molecular formula is C14H20N4OS2. The lowest BCUT2D eigenvalue weighted by Gasteiger charge is -2.13. The van der Waals surface area contributed by atoms with E-state index in [9.17, 15) is 4.79 Å². The van der Waals surface area contributed by atoms with Gasteiger partial charge in [0.05, 0.1) is 11.2 Å². The van der Waals surface area contributed by atoms with E-state index in [2.05, 4.69) is 55.1 Å². The van der Waals surface area contributed by atoms with Gasteiger partial charge in [0.2, 0.25) is 5.13 Å². The number of amides is 1. The van der Waals surface area contributed by atoms with Crippen LogP contribution in [0.1, 0.15) is 54.3 Å². The summed E-state index contributed by atoms with van der Waals surface area (Å²) < 4.78 is 0. The molecule has 0 saturated carbocycles. The molecule has 0 bridgehead atoms. The van der Waals surface area contributed by atoms with Crippen LogP contribution in [0, 0.1) is 5.92 Å². The highest BCUT2D eigenvalue weighted by Gasteiger charge is 2.21. The Morgan fingerprint density at radius 2 is 2.00 bits per heavy atom. The van der Waals surface area contributed by atoms with Crippen LogP contribution in [-0.4, -0.2) is 21.1 Å². The molecule has 0 unspecified atom stereocenters. The number of carbonyl (C=O) groups is 1. The molecule has 1 amide bonds. The highest BCUT2D eigenvalue weighted by atomic mass is 32.1. The average molecular weight is 324 g/mol. The Morgan fingerprint density at radius 3 is 2.57 bits per heavy atom. The number of anilines is 1. The second kappa shape index (κ2) is 6.19. The summed E-state index contributed by atoms with van der Waals surface area (Å²) in [4.78, 5) is 17.1. The van der Waals surface area contributed by atoms with Crippen molar-refractivity contribution in [3.63, 3.8) is 0 Å². The summed E-state index contributed by atoms with van der Waals surface area (Å²) in [7, 11) is 0. The van der Waals surface area contributed by atoms with Gasteiger partial charge >= 0.3 is 0 Å². The van der Waals surface area contributed by atoms with Gasteiger partial charge in [-0.25, -0.2) is 4.98 Å². The lowest BCUT2D eigenvalue weighted by atomic mass is 9.98. The van der Waals surface area contributed by atoms with Gasteiger partial charge in [-0.1, -0.05) is 46.0 Å². The molecule has 0 radical (unpaired) electrons. The minimum atomic E-state index is -0.171. The molecule has 21 heavy (non-hydrogen) atoms. The first-order valence-electron chi connectivity index (χ1n) is 6.85. The van der Waals surface area contributed by atoms with Gasteiger partial charge in [-0.15, -0.1) is 21.5 Å². The van der Waals surface area contributed by atoms with Crippen LogP contribution < -0.4 is 5.32 Å². The Morgan fingerprint density at radius 1 is 1.29 bits per heavy atom. The smallest absolute Gasteiger partial charge is 0.269 e. The normalized spacial score (nSPS) is 11.9. The lowest BCUT2D eigenvalue weighted by Crippen LogP contribution is -2.10. The number of carbonyl (C=O) groups excluding carboxylic acids is 1. The zero-order valence-electron chi connectivity index (χ0n) is 12.9. The largest absolute Gasteiger partial charge is 0.296 e. The standard InChI is InChI=1S/C14H20N4OS2/c1-8(2)6-10-17-18-13(21-10)16-11(19)9-7-15-12(20-9)14(3,4)5/h7-8H,6H2,1-5H3,(H,16,18,19). The predicted octanol–water partition coefficient (Wildman–Crippen LogP) is 3.74. The van der Waals surface area contributed by atoms with Crippen molar-refractivity contribution in [2.75, 3.05) is 5.32 Å². The van der Waals surface area contributed by atoms with Gasteiger partial charge in [0.25, 0.3) is 5.91 Å². The van der Waals surface area contributed by atoms with Gasteiger partial charge in [0, 0.05) is 11.8 Å². The van der Waals surface area contributed by atoms with Crippen molar-refractivity contribution >= 4 is 33.7 Å². The number of aromatic nitrogens is 3. The first-order chi connectivity index (χ1) is 9.75. The summed E-state index contributed by atoms with van der Waals surface area (Å²) in [6, 6.07) is 0. The maximum Gasteiger partial charge on any atom is 0.269 e. The topological polar surface area (TPSA) is 67.8 Å². The molecule has 2 heterocycles. The summed E-state index contributed by atoms with van der Waals surface area (Å²) in [6.45, 7) is 10.5. The fourth-order valence-corrected chi connectivity index (χ4v) is 3.44. The number of hydrogen-bond donors (Lipinski definition) is 1. The summed E-state index contributed by atoms with van der Waals surface area (Å²) in [5.74, 6) is 0.354. The number of hydrogen-bond acceptors (Lipinski definition) is 6. The van der Waals surface area contributed by atoms with Crippen LogP contribution in [0.25, 0.3) is 0 Å². The molecule has 0 saturated heterocycles. The molecule has 114 valence electrons. The Balaban J connectivity index is 2.04. The van der Waals surface area contributed by atoms with Crippen molar-refractivity contribution in [3.8, 4) is 0 Å².